The number of H-pyrrole nitrogens is 1. The lowest BCUT2D eigenvalue weighted by molar-refractivity contribution is 0.0954. The molecule has 1 aromatic carbocycles. The van der Waals surface area contributed by atoms with E-state index in [4.69, 9.17) is 0 Å². The lowest BCUT2D eigenvalue weighted by atomic mass is 10.2. The summed E-state index contributed by atoms with van der Waals surface area (Å²) in [6, 6.07) is 9.62. The number of fused-ring (bicyclic) bond motifs is 1. The van der Waals surface area contributed by atoms with E-state index in [0.717, 1.165) is 10.9 Å². The number of aromatic amines is 1. The van der Waals surface area contributed by atoms with Crippen LogP contribution in [0.25, 0.3) is 10.9 Å². The number of carbonyl (C=O) groups excluding carboxylic acids is 1. The van der Waals surface area contributed by atoms with E-state index < -0.39 is 0 Å². The zero-order valence-corrected chi connectivity index (χ0v) is 9.00. The molecule has 0 saturated carbocycles. The van der Waals surface area contributed by atoms with Gasteiger partial charge in [-0.1, -0.05) is 24.1 Å². The van der Waals surface area contributed by atoms with Gasteiger partial charge in [-0.2, -0.15) is 0 Å². The van der Waals surface area contributed by atoms with Crippen LogP contribution in [-0.4, -0.2) is 17.4 Å². The fraction of sp³-hybridized carbons (Fsp3) is 0.154. The molecule has 1 aromatic heterocycles. The van der Waals surface area contributed by atoms with Gasteiger partial charge in [0.15, 0.2) is 0 Å². The van der Waals surface area contributed by atoms with Gasteiger partial charge in [-0.25, -0.2) is 0 Å². The summed E-state index contributed by atoms with van der Waals surface area (Å²) in [5.74, 6) is 5.39. The van der Waals surface area contributed by atoms with E-state index in [0.29, 0.717) is 12.2 Å². The minimum absolute atomic E-state index is 0.126. The average Bonchev–Trinajstić information content (AvgIpc) is 2.73. The Morgan fingerprint density at radius 1 is 1.44 bits per heavy atom. The number of hydrogen-bond acceptors (Lipinski definition) is 1. The smallest absolute Gasteiger partial charge is 0.268 e. The van der Waals surface area contributed by atoms with Gasteiger partial charge < -0.3 is 10.3 Å². The molecule has 0 aliphatic rings. The standard InChI is InChI=1S/C13H12N2O/c1-2-3-8-14-13(16)12-9-10-6-4-5-7-11(10)15-12/h4-7,9,15H,8H2,1H3,(H,14,16). The molecule has 3 heteroatoms. The molecule has 0 spiro atoms. The van der Waals surface area contributed by atoms with Crippen LogP contribution < -0.4 is 5.32 Å². The van der Waals surface area contributed by atoms with Crippen molar-refractivity contribution in [3.05, 3.63) is 36.0 Å². The Hall–Kier alpha value is -2.21. The minimum atomic E-state index is -0.126. The molecule has 16 heavy (non-hydrogen) atoms. The summed E-state index contributed by atoms with van der Waals surface area (Å²) in [7, 11) is 0. The monoisotopic (exact) mass is 212 g/mol. The molecule has 2 aromatic rings. The van der Waals surface area contributed by atoms with Crippen LogP contribution in [0.4, 0.5) is 0 Å². The lowest BCUT2D eigenvalue weighted by Gasteiger charge is -1.96. The number of para-hydroxylation sites is 1. The minimum Gasteiger partial charge on any atom is -0.351 e. The van der Waals surface area contributed by atoms with Crippen LogP contribution in [0.2, 0.25) is 0 Å². The first kappa shape index (κ1) is 10.3. The second kappa shape index (κ2) is 4.54. The second-order valence-electron chi connectivity index (χ2n) is 3.38. The molecule has 0 bridgehead atoms. The number of hydrogen-bond donors (Lipinski definition) is 2. The van der Waals surface area contributed by atoms with Crippen LogP contribution in [0.15, 0.2) is 30.3 Å². The maximum Gasteiger partial charge on any atom is 0.268 e. The molecule has 0 aliphatic heterocycles. The first-order valence-corrected chi connectivity index (χ1v) is 5.07. The maximum absolute atomic E-state index is 11.7. The van der Waals surface area contributed by atoms with Gasteiger partial charge in [0.1, 0.15) is 5.69 Å². The van der Waals surface area contributed by atoms with E-state index in [1.165, 1.54) is 0 Å². The Labute approximate surface area is 93.9 Å². The summed E-state index contributed by atoms with van der Waals surface area (Å²) < 4.78 is 0. The quantitative estimate of drug-likeness (QED) is 0.734. The third kappa shape index (κ3) is 2.06. The highest BCUT2D eigenvalue weighted by Gasteiger charge is 2.07. The lowest BCUT2D eigenvalue weighted by Crippen LogP contribution is -2.23. The number of nitrogens with one attached hydrogen (secondary N) is 2. The Morgan fingerprint density at radius 3 is 3.00 bits per heavy atom. The molecule has 0 saturated heterocycles. The van der Waals surface area contributed by atoms with Crippen molar-refractivity contribution in [2.24, 2.45) is 0 Å². The maximum atomic E-state index is 11.7. The summed E-state index contributed by atoms with van der Waals surface area (Å²) >= 11 is 0. The van der Waals surface area contributed by atoms with Crippen molar-refractivity contribution in [3.63, 3.8) is 0 Å². The van der Waals surface area contributed by atoms with Crippen molar-refractivity contribution >= 4 is 16.8 Å². The predicted molar refractivity (Wildman–Crippen MR) is 64.1 cm³/mol. The molecular formula is C13H12N2O. The Balaban J connectivity index is 2.19. The third-order valence-electron chi connectivity index (χ3n) is 2.29. The van der Waals surface area contributed by atoms with E-state index in [9.17, 15) is 4.79 Å². The molecular weight excluding hydrogens is 200 g/mol. The Bertz CT molecular complexity index is 539. The van der Waals surface area contributed by atoms with Crippen LogP contribution in [0.5, 0.6) is 0 Å². The molecule has 1 amide bonds. The number of rotatable bonds is 2. The largest absolute Gasteiger partial charge is 0.351 e. The van der Waals surface area contributed by atoms with Gasteiger partial charge in [0.25, 0.3) is 5.91 Å². The highest BCUT2D eigenvalue weighted by Crippen LogP contribution is 2.14. The highest BCUT2D eigenvalue weighted by molar-refractivity contribution is 5.98. The zero-order chi connectivity index (χ0) is 11.4. The average molecular weight is 212 g/mol. The number of benzene rings is 1. The molecule has 3 nitrogen and oxygen atoms in total. The predicted octanol–water partition coefficient (Wildman–Crippen LogP) is 1.92. The van der Waals surface area contributed by atoms with Crippen LogP contribution in [0.3, 0.4) is 0 Å². The summed E-state index contributed by atoms with van der Waals surface area (Å²) in [4.78, 5) is 14.7. The Morgan fingerprint density at radius 2 is 2.25 bits per heavy atom. The number of carbonyl (C=O) groups is 1. The first-order valence-electron chi connectivity index (χ1n) is 5.07. The third-order valence-corrected chi connectivity index (χ3v) is 2.29. The summed E-state index contributed by atoms with van der Waals surface area (Å²) in [6.07, 6.45) is 0. The van der Waals surface area contributed by atoms with Crippen LogP contribution in [0.1, 0.15) is 17.4 Å². The molecule has 0 aliphatic carbocycles. The molecule has 1 heterocycles. The molecule has 2 N–H and O–H groups in total. The fourth-order valence-electron chi connectivity index (χ4n) is 1.50. The van der Waals surface area contributed by atoms with Crippen LogP contribution >= 0.6 is 0 Å². The van der Waals surface area contributed by atoms with Crippen molar-refractivity contribution in [2.75, 3.05) is 6.54 Å². The molecule has 80 valence electrons. The number of amides is 1. The topological polar surface area (TPSA) is 44.9 Å². The van der Waals surface area contributed by atoms with Crippen LogP contribution in [-0.2, 0) is 0 Å². The van der Waals surface area contributed by atoms with Gasteiger partial charge in [-0.15, -0.1) is 5.92 Å². The Kier molecular flexibility index (Phi) is 2.93. The molecule has 0 atom stereocenters. The van der Waals surface area contributed by atoms with E-state index >= 15 is 0 Å². The summed E-state index contributed by atoms with van der Waals surface area (Å²) in [6.45, 7) is 2.12. The fourth-order valence-corrected chi connectivity index (χ4v) is 1.50. The van der Waals surface area contributed by atoms with Crippen molar-refractivity contribution in [2.45, 2.75) is 6.92 Å². The van der Waals surface area contributed by atoms with Gasteiger partial charge in [0, 0.05) is 10.9 Å². The van der Waals surface area contributed by atoms with Crippen molar-refractivity contribution in [1.29, 1.82) is 0 Å². The normalized spacial score (nSPS) is 9.56. The molecule has 0 fully saturated rings. The van der Waals surface area contributed by atoms with E-state index in [-0.39, 0.29) is 5.91 Å². The zero-order valence-electron chi connectivity index (χ0n) is 9.00. The molecule has 2 rings (SSSR count). The summed E-state index contributed by atoms with van der Waals surface area (Å²) in [5.41, 5.74) is 1.54. The highest BCUT2D eigenvalue weighted by atomic mass is 16.1. The molecule has 0 unspecified atom stereocenters. The van der Waals surface area contributed by atoms with Gasteiger partial charge >= 0.3 is 0 Å². The summed E-state index contributed by atoms with van der Waals surface area (Å²) in [5, 5.41) is 3.75. The van der Waals surface area contributed by atoms with Crippen molar-refractivity contribution in [1.82, 2.24) is 10.3 Å². The van der Waals surface area contributed by atoms with Gasteiger partial charge in [-0.05, 0) is 19.1 Å². The van der Waals surface area contributed by atoms with Gasteiger partial charge in [0.2, 0.25) is 0 Å². The second-order valence-corrected chi connectivity index (χ2v) is 3.38. The van der Waals surface area contributed by atoms with Gasteiger partial charge in [-0.3, -0.25) is 4.79 Å². The van der Waals surface area contributed by atoms with E-state index in [2.05, 4.69) is 22.1 Å². The SMILES string of the molecule is CC#CCNC(=O)c1cc2ccccc2[nH]1. The number of aromatic nitrogens is 1. The van der Waals surface area contributed by atoms with Crippen molar-refractivity contribution < 1.29 is 4.79 Å². The van der Waals surface area contributed by atoms with Crippen molar-refractivity contribution in [3.8, 4) is 11.8 Å². The van der Waals surface area contributed by atoms with E-state index in [1.807, 2.05) is 30.3 Å². The molecule has 0 radical (unpaired) electrons. The van der Waals surface area contributed by atoms with E-state index in [1.54, 1.807) is 6.92 Å². The van der Waals surface area contributed by atoms with Gasteiger partial charge in [0.05, 0.1) is 6.54 Å². The first-order chi connectivity index (χ1) is 7.81. The van der Waals surface area contributed by atoms with Crippen LogP contribution in [0, 0.1) is 11.8 Å².